The highest BCUT2D eigenvalue weighted by molar-refractivity contribution is 5.67. The number of carboxylic acid groups (broad SMARTS) is 1. The standard InChI is InChI=1S/C22H20F7NO2/c23-18-6-5-17(22(27,28)29)11-15(18)12-30-8-7-13(10-20(31)32)9-19(30)14-1-3-16(4-2-14)21(24,25)26/h1-6,11,13,19H,7-10,12H2,(H,31,32). The van der Waals surface area contributed by atoms with Gasteiger partial charge in [0.25, 0.3) is 0 Å². The van der Waals surface area contributed by atoms with Gasteiger partial charge in [0, 0.05) is 24.6 Å². The smallest absolute Gasteiger partial charge is 0.416 e. The summed E-state index contributed by atoms with van der Waals surface area (Å²) in [5, 5.41) is 9.10. The first-order valence-electron chi connectivity index (χ1n) is 9.83. The summed E-state index contributed by atoms with van der Waals surface area (Å²) in [6, 6.07) is 5.89. The summed E-state index contributed by atoms with van der Waals surface area (Å²) in [6.07, 6.45) is -8.62. The number of carboxylic acids is 1. The predicted octanol–water partition coefficient (Wildman–Crippen LogP) is 6.29. The van der Waals surface area contributed by atoms with Crippen LogP contribution in [0.4, 0.5) is 30.7 Å². The number of aliphatic carboxylic acids is 1. The van der Waals surface area contributed by atoms with Crippen molar-refractivity contribution in [2.45, 2.75) is 44.2 Å². The van der Waals surface area contributed by atoms with Gasteiger partial charge < -0.3 is 5.11 Å². The molecule has 2 aromatic rings. The molecule has 174 valence electrons. The average Bonchev–Trinajstić information content (AvgIpc) is 2.69. The minimum Gasteiger partial charge on any atom is -0.481 e. The Morgan fingerprint density at radius 3 is 2.12 bits per heavy atom. The van der Waals surface area contributed by atoms with Crippen LogP contribution in [-0.4, -0.2) is 22.5 Å². The topological polar surface area (TPSA) is 40.5 Å². The van der Waals surface area contributed by atoms with Gasteiger partial charge in [-0.25, -0.2) is 4.39 Å². The SMILES string of the molecule is O=C(O)CC1CCN(Cc2cc(C(F)(F)F)ccc2F)C(c2ccc(C(F)(F)F)cc2)C1. The van der Waals surface area contributed by atoms with Crippen molar-refractivity contribution in [1.82, 2.24) is 4.90 Å². The van der Waals surface area contributed by atoms with Gasteiger partial charge in [-0.1, -0.05) is 12.1 Å². The molecule has 0 aliphatic carbocycles. The maximum Gasteiger partial charge on any atom is 0.416 e. The molecular weight excluding hydrogens is 443 g/mol. The van der Waals surface area contributed by atoms with E-state index in [2.05, 4.69) is 0 Å². The van der Waals surface area contributed by atoms with Crippen molar-refractivity contribution < 1.29 is 40.6 Å². The van der Waals surface area contributed by atoms with E-state index >= 15 is 0 Å². The van der Waals surface area contributed by atoms with Gasteiger partial charge in [0.15, 0.2) is 0 Å². The lowest BCUT2D eigenvalue weighted by atomic mass is 9.84. The average molecular weight is 463 g/mol. The third-order valence-electron chi connectivity index (χ3n) is 5.65. The molecule has 2 atom stereocenters. The van der Waals surface area contributed by atoms with Crippen LogP contribution < -0.4 is 0 Å². The normalized spacial score (nSPS) is 20.3. The first kappa shape index (κ1) is 24.0. The van der Waals surface area contributed by atoms with Crippen LogP contribution in [0, 0.1) is 11.7 Å². The second kappa shape index (κ2) is 9.09. The number of likely N-dealkylation sites (tertiary alicyclic amines) is 1. The van der Waals surface area contributed by atoms with Gasteiger partial charge in [-0.2, -0.15) is 26.3 Å². The minimum absolute atomic E-state index is 0.136. The lowest BCUT2D eigenvalue weighted by Crippen LogP contribution is -2.37. The van der Waals surface area contributed by atoms with Gasteiger partial charge in [0.1, 0.15) is 5.82 Å². The number of hydrogen-bond acceptors (Lipinski definition) is 2. The summed E-state index contributed by atoms with van der Waals surface area (Å²) in [5.74, 6) is -2.10. The molecule has 0 amide bonds. The van der Waals surface area contributed by atoms with Gasteiger partial charge in [-0.3, -0.25) is 9.69 Å². The van der Waals surface area contributed by atoms with Gasteiger partial charge >= 0.3 is 18.3 Å². The van der Waals surface area contributed by atoms with Crippen LogP contribution in [0.25, 0.3) is 0 Å². The van der Waals surface area contributed by atoms with E-state index in [1.54, 1.807) is 4.90 Å². The number of nitrogens with zero attached hydrogens (tertiary/aromatic N) is 1. The van der Waals surface area contributed by atoms with Crippen LogP contribution in [0.2, 0.25) is 0 Å². The van der Waals surface area contributed by atoms with Crippen LogP contribution in [0.5, 0.6) is 0 Å². The Labute approximate surface area is 179 Å². The first-order valence-corrected chi connectivity index (χ1v) is 9.83. The van der Waals surface area contributed by atoms with Crippen molar-refractivity contribution in [2.24, 2.45) is 5.92 Å². The van der Waals surface area contributed by atoms with Crippen molar-refractivity contribution in [3.63, 3.8) is 0 Å². The van der Waals surface area contributed by atoms with Crippen LogP contribution in [0.1, 0.15) is 47.6 Å². The second-order valence-electron chi connectivity index (χ2n) is 7.90. The third-order valence-corrected chi connectivity index (χ3v) is 5.65. The first-order chi connectivity index (χ1) is 14.8. The van der Waals surface area contributed by atoms with Gasteiger partial charge in [-0.05, 0) is 61.2 Å². The summed E-state index contributed by atoms with van der Waals surface area (Å²) in [4.78, 5) is 12.8. The van der Waals surface area contributed by atoms with Crippen LogP contribution in [-0.2, 0) is 23.7 Å². The number of hydrogen-bond donors (Lipinski definition) is 1. The Balaban J connectivity index is 1.90. The zero-order valence-corrected chi connectivity index (χ0v) is 16.7. The quantitative estimate of drug-likeness (QED) is 0.530. The van der Waals surface area contributed by atoms with E-state index in [9.17, 15) is 35.5 Å². The van der Waals surface area contributed by atoms with Crippen molar-refractivity contribution >= 4 is 5.97 Å². The molecule has 0 aromatic heterocycles. The van der Waals surface area contributed by atoms with Crippen molar-refractivity contribution in [1.29, 1.82) is 0 Å². The molecule has 1 saturated heterocycles. The zero-order chi connectivity index (χ0) is 23.7. The van der Waals surface area contributed by atoms with Gasteiger partial charge in [0.2, 0.25) is 0 Å². The summed E-state index contributed by atoms with van der Waals surface area (Å²) in [5.41, 5.74) is -1.58. The fourth-order valence-electron chi connectivity index (χ4n) is 4.04. The number of rotatable bonds is 5. The Bertz CT molecular complexity index is 954. The minimum atomic E-state index is -4.65. The fraction of sp³-hybridized carbons (Fsp3) is 0.409. The van der Waals surface area contributed by atoms with Crippen molar-refractivity contribution in [3.8, 4) is 0 Å². The molecule has 1 heterocycles. The lowest BCUT2D eigenvalue weighted by molar-refractivity contribution is -0.139. The van der Waals surface area contributed by atoms with Crippen LogP contribution >= 0.6 is 0 Å². The molecule has 1 aliphatic rings. The molecule has 1 N–H and O–H groups in total. The number of benzene rings is 2. The van der Waals surface area contributed by atoms with Crippen LogP contribution in [0.3, 0.4) is 0 Å². The molecule has 10 heteroatoms. The Kier molecular flexibility index (Phi) is 6.83. The lowest BCUT2D eigenvalue weighted by Gasteiger charge is -2.39. The molecule has 0 radical (unpaired) electrons. The molecule has 3 rings (SSSR count). The number of halogens is 7. The monoisotopic (exact) mass is 463 g/mol. The predicted molar refractivity (Wildman–Crippen MR) is 101 cm³/mol. The molecule has 1 fully saturated rings. The number of alkyl halides is 6. The van der Waals surface area contributed by atoms with E-state index in [4.69, 9.17) is 5.11 Å². The molecule has 2 aromatic carbocycles. The van der Waals surface area contributed by atoms with E-state index in [0.717, 1.165) is 24.3 Å². The maximum absolute atomic E-state index is 14.3. The zero-order valence-electron chi connectivity index (χ0n) is 16.7. The molecule has 0 saturated carbocycles. The maximum atomic E-state index is 14.3. The third kappa shape index (κ3) is 5.79. The molecule has 3 nitrogen and oxygen atoms in total. The molecule has 0 bridgehead atoms. The Morgan fingerprint density at radius 2 is 1.56 bits per heavy atom. The molecular formula is C22H20F7NO2. The summed E-state index contributed by atoms with van der Waals surface area (Å²) < 4.78 is 92.1. The molecule has 2 unspecified atom stereocenters. The van der Waals surface area contributed by atoms with Crippen LogP contribution in [0.15, 0.2) is 42.5 Å². The number of piperidine rings is 1. The van der Waals surface area contributed by atoms with Gasteiger partial charge in [0.05, 0.1) is 11.1 Å². The van der Waals surface area contributed by atoms with E-state index in [-0.39, 0.29) is 37.4 Å². The highest BCUT2D eigenvalue weighted by atomic mass is 19.4. The van der Waals surface area contributed by atoms with E-state index in [1.807, 2.05) is 0 Å². The Hall–Kier alpha value is -2.62. The Morgan fingerprint density at radius 1 is 0.969 bits per heavy atom. The van der Waals surface area contributed by atoms with E-state index < -0.39 is 41.3 Å². The summed E-state index contributed by atoms with van der Waals surface area (Å²) in [7, 11) is 0. The number of carbonyl (C=O) groups is 1. The van der Waals surface area contributed by atoms with Crippen molar-refractivity contribution in [3.05, 3.63) is 70.5 Å². The fourth-order valence-corrected chi connectivity index (χ4v) is 4.04. The summed E-state index contributed by atoms with van der Waals surface area (Å²) >= 11 is 0. The largest absolute Gasteiger partial charge is 0.481 e. The second-order valence-corrected chi connectivity index (χ2v) is 7.90. The van der Waals surface area contributed by atoms with Crippen molar-refractivity contribution in [2.75, 3.05) is 6.54 Å². The molecule has 0 spiro atoms. The molecule has 32 heavy (non-hydrogen) atoms. The highest BCUT2D eigenvalue weighted by Crippen LogP contribution is 2.39. The molecule has 1 aliphatic heterocycles. The van der Waals surface area contributed by atoms with E-state index in [1.165, 1.54) is 12.1 Å². The summed E-state index contributed by atoms with van der Waals surface area (Å²) in [6.45, 7) is 0.0700. The van der Waals surface area contributed by atoms with Gasteiger partial charge in [-0.15, -0.1) is 0 Å². The highest BCUT2D eigenvalue weighted by Gasteiger charge is 2.35. The van der Waals surface area contributed by atoms with E-state index in [0.29, 0.717) is 18.1 Å².